The highest BCUT2D eigenvalue weighted by Gasteiger charge is 2.44. The predicted octanol–water partition coefficient (Wildman–Crippen LogP) is 1.78. The number of hydrogen-bond acceptors (Lipinski definition) is 4. The van der Waals surface area contributed by atoms with E-state index in [1.807, 2.05) is 18.2 Å². The molecule has 136 valence electrons. The maximum Gasteiger partial charge on any atom is 0.226 e. The standard InChI is InChI=1S/C18H23ClN2O4/c1-21-15(22)9-14(16(21)12-4-3-5-13(19)8-12)17(23)20-10-18(24-2)6-7-25-11-18/h3-5,8,14,16H,6-7,9-11H2,1-2H3,(H,20,23)/t14-,16+,18+/m1/s1. The first-order chi connectivity index (χ1) is 12.0. The number of amides is 2. The summed E-state index contributed by atoms with van der Waals surface area (Å²) >= 11 is 6.08. The van der Waals surface area contributed by atoms with Gasteiger partial charge in [-0.05, 0) is 17.7 Å². The molecule has 0 spiro atoms. The SMILES string of the molecule is CO[C@]1(CNC(=O)[C@@H]2CC(=O)N(C)[C@H]2c2cccc(Cl)c2)CCOC1. The number of benzene rings is 1. The summed E-state index contributed by atoms with van der Waals surface area (Å²) in [5, 5.41) is 3.55. The number of carbonyl (C=O) groups is 2. The Morgan fingerprint density at radius 3 is 2.96 bits per heavy atom. The van der Waals surface area contributed by atoms with Crippen molar-refractivity contribution in [3.8, 4) is 0 Å². The van der Waals surface area contributed by atoms with Crippen molar-refractivity contribution in [2.24, 2.45) is 5.92 Å². The first-order valence-electron chi connectivity index (χ1n) is 8.37. The molecular formula is C18H23ClN2O4. The van der Waals surface area contributed by atoms with Crippen molar-refractivity contribution in [1.82, 2.24) is 10.2 Å². The van der Waals surface area contributed by atoms with Crippen molar-refractivity contribution in [2.75, 3.05) is 33.9 Å². The van der Waals surface area contributed by atoms with Crippen LogP contribution in [0, 0.1) is 5.92 Å². The van der Waals surface area contributed by atoms with Gasteiger partial charge < -0.3 is 19.7 Å². The fourth-order valence-corrected chi connectivity index (χ4v) is 3.79. The van der Waals surface area contributed by atoms with Gasteiger partial charge in [-0.3, -0.25) is 9.59 Å². The molecule has 6 nitrogen and oxygen atoms in total. The van der Waals surface area contributed by atoms with E-state index in [9.17, 15) is 9.59 Å². The van der Waals surface area contributed by atoms with E-state index >= 15 is 0 Å². The first-order valence-corrected chi connectivity index (χ1v) is 8.75. The van der Waals surface area contributed by atoms with Crippen molar-refractivity contribution >= 4 is 23.4 Å². The van der Waals surface area contributed by atoms with Crippen LogP contribution in [0.1, 0.15) is 24.4 Å². The van der Waals surface area contributed by atoms with Crippen LogP contribution in [-0.2, 0) is 19.1 Å². The lowest BCUT2D eigenvalue weighted by molar-refractivity contribution is -0.129. The van der Waals surface area contributed by atoms with E-state index in [1.54, 1.807) is 25.1 Å². The molecular weight excluding hydrogens is 344 g/mol. The van der Waals surface area contributed by atoms with Gasteiger partial charge in [0.1, 0.15) is 5.60 Å². The average molecular weight is 367 g/mol. The van der Waals surface area contributed by atoms with E-state index in [0.29, 0.717) is 24.8 Å². The maximum absolute atomic E-state index is 12.8. The van der Waals surface area contributed by atoms with E-state index < -0.39 is 11.5 Å². The second-order valence-corrected chi connectivity index (χ2v) is 7.16. The van der Waals surface area contributed by atoms with Crippen molar-refractivity contribution in [3.05, 3.63) is 34.9 Å². The highest BCUT2D eigenvalue weighted by atomic mass is 35.5. The zero-order valence-corrected chi connectivity index (χ0v) is 15.2. The zero-order valence-electron chi connectivity index (χ0n) is 14.5. The van der Waals surface area contributed by atoms with Crippen LogP contribution >= 0.6 is 11.6 Å². The fraction of sp³-hybridized carbons (Fsp3) is 0.556. The van der Waals surface area contributed by atoms with Gasteiger partial charge >= 0.3 is 0 Å². The van der Waals surface area contributed by atoms with Crippen LogP contribution in [-0.4, -0.2) is 56.2 Å². The van der Waals surface area contributed by atoms with Gasteiger partial charge in [-0.25, -0.2) is 0 Å². The van der Waals surface area contributed by atoms with Crippen LogP contribution in [0.2, 0.25) is 5.02 Å². The van der Waals surface area contributed by atoms with Crippen LogP contribution in [0.4, 0.5) is 0 Å². The Labute approximate surface area is 152 Å². The minimum atomic E-state index is -0.476. The molecule has 2 fully saturated rings. The summed E-state index contributed by atoms with van der Waals surface area (Å²) in [5.41, 5.74) is 0.391. The maximum atomic E-state index is 12.8. The predicted molar refractivity (Wildman–Crippen MR) is 93.3 cm³/mol. The van der Waals surface area contributed by atoms with E-state index in [4.69, 9.17) is 21.1 Å². The van der Waals surface area contributed by atoms with Gasteiger partial charge in [0.15, 0.2) is 0 Å². The van der Waals surface area contributed by atoms with Crippen molar-refractivity contribution in [1.29, 1.82) is 0 Å². The van der Waals surface area contributed by atoms with E-state index in [0.717, 1.165) is 12.0 Å². The van der Waals surface area contributed by atoms with Crippen LogP contribution in [0.5, 0.6) is 0 Å². The molecule has 3 atom stereocenters. The third kappa shape index (κ3) is 3.66. The summed E-state index contributed by atoms with van der Waals surface area (Å²) in [6, 6.07) is 7.00. The minimum Gasteiger partial charge on any atom is -0.378 e. The quantitative estimate of drug-likeness (QED) is 0.862. The molecule has 0 aromatic heterocycles. The molecule has 1 aromatic rings. The van der Waals surface area contributed by atoms with Crippen molar-refractivity contribution in [2.45, 2.75) is 24.5 Å². The van der Waals surface area contributed by atoms with Gasteiger partial charge in [-0.1, -0.05) is 23.7 Å². The minimum absolute atomic E-state index is 0.0456. The molecule has 0 unspecified atom stereocenters. The second-order valence-electron chi connectivity index (χ2n) is 6.72. The molecule has 0 radical (unpaired) electrons. The van der Waals surface area contributed by atoms with Crippen LogP contribution in [0.15, 0.2) is 24.3 Å². The Hall–Kier alpha value is -1.63. The summed E-state index contributed by atoms with van der Waals surface area (Å²) in [6.07, 6.45) is 0.932. The number of likely N-dealkylation sites (tertiary alicyclic amines) is 1. The van der Waals surface area contributed by atoms with Gasteiger partial charge in [0.05, 0.1) is 18.6 Å². The topological polar surface area (TPSA) is 67.9 Å². The molecule has 0 aliphatic carbocycles. The van der Waals surface area contributed by atoms with E-state index in [2.05, 4.69) is 5.32 Å². The average Bonchev–Trinajstić information content (AvgIpc) is 3.19. The fourth-order valence-electron chi connectivity index (χ4n) is 3.59. The summed E-state index contributed by atoms with van der Waals surface area (Å²) < 4.78 is 10.9. The molecule has 3 rings (SSSR count). The van der Waals surface area contributed by atoms with Gasteiger partial charge in [-0.15, -0.1) is 0 Å². The molecule has 1 aromatic carbocycles. The number of halogens is 1. The number of carbonyl (C=O) groups excluding carboxylic acids is 2. The molecule has 2 saturated heterocycles. The monoisotopic (exact) mass is 366 g/mol. The van der Waals surface area contributed by atoms with Gasteiger partial charge in [0.2, 0.25) is 11.8 Å². The highest BCUT2D eigenvalue weighted by Crippen LogP contribution is 2.38. The second kappa shape index (κ2) is 7.32. The molecule has 1 N–H and O–H groups in total. The van der Waals surface area contributed by atoms with Crippen LogP contribution < -0.4 is 5.32 Å². The molecule has 25 heavy (non-hydrogen) atoms. The number of nitrogens with one attached hydrogen (secondary N) is 1. The highest BCUT2D eigenvalue weighted by molar-refractivity contribution is 6.30. The van der Waals surface area contributed by atoms with Crippen molar-refractivity contribution in [3.63, 3.8) is 0 Å². The molecule has 2 aliphatic rings. The Bertz CT molecular complexity index is 660. The first kappa shape index (κ1) is 18.2. The Morgan fingerprint density at radius 2 is 2.32 bits per heavy atom. The lowest BCUT2D eigenvalue weighted by atomic mass is 9.92. The largest absolute Gasteiger partial charge is 0.378 e. The van der Waals surface area contributed by atoms with E-state index in [1.165, 1.54) is 0 Å². The Morgan fingerprint density at radius 1 is 1.52 bits per heavy atom. The lowest BCUT2D eigenvalue weighted by Gasteiger charge is -2.28. The summed E-state index contributed by atoms with van der Waals surface area (Å²) in [7, 11) is 3.35. The molecule has 2 aliphatic heterocycles. The lowest BCUT2D eigenvalue weighted by Crippen LogP contribution is -2.47. The Kier molecular flexibility index (Phi) is 5.32. The number of ether oxygens (including phenoxy) is 2. The number of rotatable bonds is 5. The number of hydrogen-bond donors (Lipinski definition) is 1. The van der Waals surface area contributed by atoms with Gasteiger partial charge in [-0.2, -0.15) is 0 Å². The van der Waals surface area contributed by atoms with Crippen molar-refractivity contribution < 1.29 is 19.1 Å². The zero-order chi connectivity index (χ0) is 18.0. The van der Waals surface area contributed by atoms with Crippen LogP contribution in [0.3, 0.4) is 0 Å². The Balaban J connectivity index is 1.74. The number of nitrogens with zero attached hydrogens (tertiary/aromatic N) is 1. The summed E-state index contributed by atoms with van der Waals surface area (Å²) in [6.45, 7) is 1.46. The van der Waals surface area contributed by atoms with E-state index in [-0.39, 0.29) is 24.3 Å². The molecule has 2 heterocycles. The molecule has 7 heteroatoms. The van der Waals surface area contributed by atoms with Gasteiger partial charge in [0.25, 0.3) is 0 Å². The summed E-state index contributed by atoms with van der Waals surface area (Å²) in [4.78, 5) is 26.6. The normalized spacial score (nSPS) is 29.2. The molecule has 0 bridgehead atoms. The molecule has 0 saturated carbocycles. The third-order valence-corrected chi connectivity index (χ3v) is 5.43. The van der Waals surface area contributed by atoms with Crippen LogP contribution in [0.25, 0.3) is 0 Å². The van der Waals surface area contributed by atoms with Gasteiger partial charge in [0, 0.05) is 45.2 Å². The molecule has 2 amide bonds. The number of methoxy groups -OCH3 is 1. The third-order valence-electron chi connectivity index (χ3n) is 5.20. The summed E-state index contributed by atoms with van der Waals surface area (Å²) in [5.74, 6) is -0.644. The smallest absolute Gasteiger partial charge is 0.226 e.